The Morgan fingerprint density at radius 3 is 2.71 bits per heavy atom. The molecule has 0 bridgehead atoms. The molecule has 0 amide bonds. The van der Waals surface area contributed by atoms with E-state index in [0.717, 1.165) is 16.4 Å². The van der Waals surface area contributed by atoms with Crippen molar-refractivity contribution >= 4 is 11.8 Å². The summed E-state index contributed by atoms with van der Waals surface area (Å²) in [6.45, 7) is 2.42. The molecule has 8 heteroatoms. The minimum atomic E-state index is -4.66. The number of H-pyrrole nitrogens is 1. The first-order valence-corrected chi connectivity index (χ1v) is 7.20. The van der Waals surface area contributed by atoms with Crippen molar-refractivity contribution in [3.8, 4) is 5.75 Å². The molecule has 0 aliphatic carbocycles. The molecule has 5 nitrogen and oxygen atoms in total. The van der Waals surface area contributed by atoms with Crippen molar-refractivity contribution in [2.45, 2.75) is 13.1 Å². The Morgan fingerprint density at radius 1 is 1.33 bits per heavy atom. The number of nitrogens with zero attached hydrogens (tertiary/aromatic N) is 2. The van der Waals surface area contributed by atoms with Crippen LogP contribution in [0.5, 0.6) is 5.75 Å². The normalized spacial score (nSPS) is 13.5. The second-order valence-electron chi connectivity index (χ2n) is 5.17. The number of aryl methyl sites for hydroxylation is 1. The number of alkyl halides is 3. The lowest BCUT2D eigenvalue weighted by atomic mass is 10.2. The highest BCUT2D eigenvalue weighted by Gasteiger charge is 2.37. The van der Waals surface area contributed by atoms with Crippen LogP contribution in [0.25, 0.3) is 6.08 Å². The molecule has 2 aromatic rings. The molecule has 1 aliphatic rings. The fourth-order valence-corrected chi connectivity index (χ4v) is 2.51. The summed E-state index contributed by atoms with van der Waals surface area (Å²) in [6.07, 6.45) is -3.66. The standard InChI is InChI=1S/C16H14F3N3O2/c1-3-22-11-6-4-5-7-12(11)24-13(22)9-8-10-14(16(17,18)19)20-21(2)15(10)23/h4-8,20H,3H2,1-2H3. The summed E-state index contributed by atoms with van der Waals surface area (Å²) < 4.78 is 45.4. The van der Waals surface area contributed by atoms with E-state index in [1.54, 1.807) is 17.0 Å². The van der Waals surface area contributed by atoms with Gasteiger partial charge >= 0.3 is 6.18 Å². The van der Waals surface area contributed by atoms with E-state index >= 15 is 0 Å². The number of aromatic amines is 1. The molecule has 3 rings (SSSR count). The zero-order chi connectivity index (χ0) is 17.5. The summed E-state index contributed by atoms with van der Waals surface area (Å²) >= 11 is 0. The quantitative estimate of drug-likeness (QED) is 0.857. The predicted molar refractivity (Wildman–Crippen MR) is 82.6 cm³/mol. The fraction of sp³-hybridized carbons (Fsp3) is 0.250. The van der Waals surface area contributed by atoms with Crippen molar-refractivity contribution in [2.75, 3.05) is 11.4 Å². The number of para-hydroxylation sites is 2. The molecule has 1 N–H and O–H groups in total. The van der Waals surface area contributed by atoms with Crippen molar-refractivity contribution in [1.29, 1.82) is 0 Å². The number of benzene rings is 1. The highest BCUT2D eigenvalue weighted by molar-refractivity contribution is 5.67. The average Bonchev–Trinajstić information content (AvgIpc) is 3.03. The summed E-state index contributed by atoms with van der Waals surface area (Å²) in [7, 11) is 1.22. The van der Waals surface area contributed by atoms with Crippen LogP contribution in [-0.4, -0.2) is 16.3 Å². The number of nitrogens with one attached hydrogen (secondary N) is 1. The minimum absolute atomic E-state index is 0.245. The van der Waals surface area contributed by atoms with E-state index in [0.29, 0.717) is 12.3 Å². The average molecular weight is 337 g/mol. The van der Waals surface area contributed by atoms with Crippen molar-refractivity contribution in [3.05, 3.63) is 57.5 Å². The van der Waals surface area contributed by atoms with E-state index in [9.17, 15) is 18.0 Å². The molecule has 1 aromatic carbocycles. The Kier molecular flexibility index (Phi) is 3.77. The van der Waals surface area contributed by atoms with Crippen LogP contribution in [-0.2, 0) is 13.2 Å². The summed E-state index contributed by atoms with van der Waals surface area (Å²) in [4.78, 5) is 13.7. The lowest BCUT2D eigenvalue weighted by molar-refractivity contribution is -0.141. The molecule has 2 heterocycles. The lowest BCUT2D eigenvalue weighted by Gasteiger charge is -2.13. The van der Waals surface area contributed by atoms with Crippen LogP contribution in [0.1, 0.15) is 18.2 Å². The predicted octanol–water partition coefficient (Wildman–Crippen LogP) is 3.10. The molecule has 0 saturated heterocycles. The first kappa shape index (κ1) is 16.0. The van der Waals surface area contributed by atoms with Gasteiger partial charge in [0.25, 0.3) is 5.56 Å². The van der Waals surface area contributed by atoms with Crippen LogP contribution < -0.4 is 15.2 Å². The largest absolute Gasteiger partial charge is 0.433 e. The lowest BCUT2D eigenvalue weighted by Crippen LogP contribution is -2.18. The van der Waals surface area contributed by atoms with Gasteiger partial charge < -0.3 is 9.64 Å². The molecule has 1 aliphatic heterocycles. The summed E-state index contributed by atoms with van der Waals surface area (Å²) in [5, 5.41) is 2.01. The Hall–Kier alpha value is -2.86. The van der Waals surface area contributed by atoms with E-state index in [1.165, 1.54) is 7.05 Å². The molecular weight excluding hydrogens is 323 g/mol. The Balaban J connectivity index is 2.09. The van der Waals surface area contributed by atoms with Gasteiger partial charge in [-0.15, -0.1) is 0 Å². The first-order chi connectivity index (χ1) is 11.3. The first-order valence-electron chi connectivity index (χ1n) is 7.20. The van der Waals surface area contributed by atoms with Gasteiger partial charge in [-0.2, -0.15) is 13.2 Å². The van der Waals surface area contributed by atoms with Gasteiger partial charge in [0.15, 0.2) is 5.75 Å². The van der Waals surface area contributed by atoms with Crippen LogP contribution in [0.3, 0.4) is 0 Å². The van der Waals surface area contributed by atoms with Crippen LogP contribution in [0, 0.1) is 0 Å². The highest BCUT2D eigenvalue weighted by Crippen LogP contribution is 2.38. The molecule has 0 atom stereocenters. The maximum Gasteiger partial charge on any atom is 0.433 e. The zero-order valence-electron chi connectivity index (χ0n) is 12.9. The van der Waals surface area contributed by atoms with Gasteiger partial charge in [-0.05, 0) is 19.1 Å². The zero-order valence-corrected chi connectivity index (χ0v) is 12.9. The molecular formula is C16H14F3N3O2. The number of halogens is 3. The SMILES string of the molecule is CCN1C(=C=Cc2c(C(F)(F)F)[nH]n(C)c2=O)Oc2ccccc21. The number of ether oxygens (including phenoxy) is 1. The molecule has 0 saturated carbocycles. The fourth-order valence-electron chi connectivity index (χ4n) is 2.51. The van der Waals surface area contributed by atoms with Crippen LogP contribution in [0.2, 0.25) is 0 Å². The van der Waals surface area contributed by atoms with E-state index < -0.39 is 23.0 Å². The van der Waals surface area contributed by atoms with Crippen LogP contribution in [0.4, 0.5) is 18.9 Å². The number of anilines is 1. The van der Waals surface area contributed by atoms with Crippen molar-refractivity contribution in [2.24, 2.45) is 7.05 Å². The monoisotopic (exact) mass is 337 g/mol. The number of aromatic nitrogens is 2. The third-order valence-electron chi connectivity index (χ3n) is 3.63. The van der Waals surface area contributed by atoms with Gasteiger partial charge in [0.05, 0.1) is 11.3 Å². The molecule has 1 aromatic heterocycles. The topological polar surface area (TPSA) is 50.3 Å². The van der Waals surface area contributed by atoms with Gasteiger partial charge in [-0.1, -0.05) is 17.9 Å². The third-order valence-corrected chi connectivity index (χ3v) is 3.63. The van der Waals surface area contributed by atoms with E-state index in [1.807, 2.05) is 24.2 Å². The smallest absolute Gasteiger partial charge is 0.432 e. The van der Waals surface area contributed by atoms with E-state index in [4.69, 9.17) is 4.74 Å². The summed E-state index contributed by atoms with van der Waals surface area (Å²) in [6, 6.07) is 7.22. The number of fused-ring (bicyclic) bond motifs is 1. The highest BCUT2D eigenvalue weighted by atomic mass is 19.4. The Labute approximate surface area is 135 Å². The minimum Gasteiger partial charge on any atom is -0.432 e. The summed E-state index contributed by atoms with van der Waals surface area (Å²) in [5.41, 5.74) is 1.08. The number of rotatable bonds is 2. The van der Waals surface area contributed by atoms with Crippen LogP contribution in [0.15, 0.2) is 40.7 Å². The van der Waals surface area contributed by atoms with Gasteiger partial charge in [0.2, 0.25) is 5.88 Å². The third kappa shape index (κ3) is 2.61. The molecule has 24 heavy (non-hydrogen) atoms. The number of hydrogen-bond donors (Lipinski definition) is 1. The Morgan fingerprint density at radius 2 is 2.04 bits per heavy atom. The Bertz CT molecular complexity index is 902. The van der Waals surface area contributed by atoms with Crippen molar-refractivity contribution in [3.63, 3.8) is 0 Å². The molecule has 0 unspecified atom stereocenters. The molecule has 126 valence electrons. The second-order valence-corrected chi connectivity index (χ2v) is 5.17. The maximum atomic E-state index is 13.0. The molecule has 0 fully saturated rings. The van der Waals surface area contributed by atoms with E-state index in [2.05, 4.69) is 5.73 Å². The second kappa shape index (κ2) is 5.65. The van der Waals surface area contributed by atoms with Crippen molar-refractivity contribution < 1.29 is 17.9 Å². The maximum absolute atomic E-state index is 13.0. The van der Waals surface area contributed by atoms with Gasteiger partial charge in [0.1, 0.15) is 5.69 Å². The van der Waals surface area contributed by atoms with Gasteiger partial charge in [-0.3, -0.25) is 14.6 Å². The van der Waals surface area contributed by atoms with Crippen LogP contribution >= 0.6 is 0 Å². The van der Waals surface area contributed by atoms with Crippen molar-refractivity contribution in [1.82, 2.24) is 9.78 Å². The van der Waals surface area contributed by atoms with E-state index in [-0.39, 0.29) is 5.88 Å². The number of hydrogen-bond acceptors (Lipinski definition) is 3. The molecule has 0 spiro atoms. The van der Waals surface area contributed by atoms with Gasteiger partial charge in [-0.25, -0.2) is 0 Å². The molecule has 0 radical (unpaired) electrons. The van der Waals surface area contributed by atoms with Gasteiger partial charge in [0, 0.05) is 19.7 Å². The summed E-state index contributed by atoms with van der Waals surface area (Å²) in [5.74, 6) is 0.836.